The Morgan fingerprint density at radius 3 is 2.36 bits per heavy atom. The third kappa shape index (κ3) is 8.05. The Morgan fingerprint density at radius 1 is 0.923 bits per heavy atom. The fourth-order valence-electron chi connectivity index (χ4n) is 4.26. The lowest BCUT2D eigenvalue weighted by molar-refractivity contribution is -0.121. The molecule has 1 fully saturated rings. The summed E-state index contributed by atoms with van der Waals surface area (Å²) in [4.78, 5) is 28.6. The van der Waals surface area contributed by atoms with E-state index in [1.807, 2.05) is 24.3 Å². The molecule has 0 unspecified atom stereocenters. The predicted octanol–water partition coefficient (Wildman–Crippen LogP) is 3.72. The van der Waals surface area contributed by atoms with Crippen LogP contribution in [0.4, 0.5) is 5.69 Å². The van der Waals surface area contributed by atoms with Gasteiger partial charge >= 0.3 is 5.97 Å². The van der Waals surface area contributed by atoms with Crippen molar-refractivity contribution in [1.82, 2.24) is 10.3 Å². The Hall–Kier alpha value is -4.37. The van der Waals surface area contributed by atoms with Gasteiger partial charge in [-0.05, 0) is 53.6 Å². The number of carbonyl (C=O) groups excluding carboxylic acids is 2. The summed E-state index contributed by atoms with van der Waals surface area (Å²) in [5.74, 6) is 0.617. The molecule has 0 bridgehead atoms. The molecule has 3 aromatic carbocycles. The number of anilines is 1. The van der Waals surface area contributed by atoms with Crippen LogP contribution in [0.5, 0.6) is 11.5 Å². The summed E-state index contributed by atoms with van der Waals surface area (Å²) in [7, 11) is 2.92. The maximum atomic E-state index is 12.3. The van der Waals surface area contributed by atoms with Gasteiger partial charge in [-0.3, -0.25) is 9.69 Å². The minimum Gasteiger partial charge on any atom is -0.493 e. The third-order valence-electron chi connectivity index (χ3n) is 6.51. The first-order valence-electron chi connectivity index (χ1n) is 12.9. The third-order valence-corrected chi connectivity index (χ3v) is 6.51. The zero-order valence-electron chi connectivity index (χ0n) is 22.3. The highest BCUT2D eigenvalue weighted by atomic mass is 16.5. The van der Waals surface area contributed by atoms with E-state index in [2.05, 4.69) is 44.6 Å². The van der Waals surface area contributed by atoms with Crippen LogP contribution in [0, 0.1) is 0 Å². The lowest BCUT2D eigenvalue weighted by Crippen LogP contribution is -2.47. The molecule has 1 saturated heterocycles. The van der Waals surface area contributed by atoms with E-state index in [9.17, 15) is 9.59 Å². The van der Waals surface area contributed by atoms with Gasteiger partial charge in [0.2, 0.25) is 5.91 Å². The Labute approximate surface area is 229 Å². The molecule has 204 valence electrons. The van der Waals surface area contributed by atoms with Gasteiger partial charge < -0.3 is 19.1 Å². The van der Waals surface area contributed by atoms with Gasteiger partial charge in [0, 0.05) is 44.8 Å². The maximum Gasteiger partial charge on any atom is 0.337 e. The van der Waals surface area contributed by atoms with Gasteiger partial charge in [0.1, 0.15) is 6.61 Å². The number of rotatable bonds is 11. The number of hydrogen-bond donors (Lipinski definition) is 1. The van der Waals surface area contributed by atoms with Gasteiger partial charge in [-0.15, -0.1) is 0 Å². The molecule has 1 aliphatic rings. The van der Waals surface area contributed by atoms with Crippen LogP contribution in [0.15, 0.2) is 77.9 Å². The summed E-state index contributed by atoms with van der Waals surface area (Å²) in [6.07, 6.45) is 1.97. The molecular weight excluding hydrogens is 496 g/mol. The van der Waals surface area contributed by atoms with Crippen LogP contribution in [0.2, 0.25) is 0 Å². The topological polar surface area (TPSA) is 92.7 Å². The second-order valence-corrected chi connectivity index (χ2v) is 9.09. The lowest BCUT2D eigenvalue weighted by atomic mass is 10.1. The highest BCUT2D eigenvalue weighted by molar-refractivity contribution is 5.89. The number of piperazine rings is 1. The molecule has 0 aliphatic carbocycles. The van der Waals surface area contributed by atoms with Crippen molar-refractivity contribution in [3.63, 3.8) is 0 Å². The highest BCUT2D eigenvalue weighted by Gasteiger charge is 2.17. The van der Waals surface area contributed by atoms with Crippen LogP contribution in [-0.4, -0.2) is 69.9 Å². The van der Waals surface area contributed by atoms with Crippen molar-refractivity contribution in [2.75, 3.05) is 51.8 Å². The van der Waals surface area contributed by atoms with Crippen molar-refractivity contribution < 1.29 is 23.8 Å². The van der Waals surface area contributed by atoms with E-state index < -0.39 is 0 Å². The molecule has 0 radical (unpaired) electrons. The van der Waals surface area contributed by atoms with Crippen molar-refractivity contribution in [3.8, 4) is 11.5 Å². The molecule has 4 rings (SSSR count). The number of hydrazone groups is 1. The van der Waals surface area contributed by atoms with Gasteiger partial charge in [0.25, 0.3) is 0 Å². The molecule has 3 aromatic rings. The number of esters is 1. The van der Waals surface area contributed by atoms with Crippen LogP contribution in [0.1, 0.15) is 27.9 Å². The van der Waals surface area contributed by atoms with Crippen molar-refractivity contribution in [2.24, 2.45) is 5.10 Å². The van der Waals surface area contributed by atoms with Crippen molar-refractivity contribution >= 4 is 23.8 Å². The molecule has 1 amide bonds. The molecule has 0 aromatic heterocycles. The molecule has 39 heavy (non-hydrogen) atoms. The fourth-order valence-corrected chi connectivity index (χ4v) is 4.26. The van der Waals surface area contributed by atoms with E-state index in [0.717, 1.165) is 37.3 Å². The summed E-state index contributed by atoms with van der Waals surface area (Å²) in [6, 6.07) is 22.8. The van der Waals surface area contributed by atoms with E-state index >= 15 is 0 Å². The van der Waals surface area contributed by atoms with Crippen LogP contribution in [-0.2, 0) is 16.1 Å². The zero-order chi connectivity index (χ0) is 27.5. The summed E-state index contributed by atoms with van der Waals surface area (Å²) in [5.41, 5.74) is 6.00. The number of methoxy groups -OCH3 is 2. The van der Waals surface area contributed by atoms with Crippen molar-refractivity contribution in [2.45, 2.75) is 13.0 Å². The zero-order valence-corrected chi connectivity index (χ0v) is 22.3. The second kappa shape index (κ2) is 14.0. The maximum absolute atomic E-state index is 12.3. The normalized spacial score (nSPS) is 13.7. The van der Waals surface area contributed by atoms with E-state index in [0.29, 0.717) is 36.6 Å². The van der Waals surface area contributed by atoms with E-state index in [1.165, 1.54) is 12.8 Å². The lowest BCUT2D eigenvalue weighted by Gasteiger charge is -2.36. The molecule has 9 nitrogen and oxygen atoms in total. The highest BCUT2D eigenvalue weighted by Crippen LogP contribution is 2.28. The standard InChI is InChI=1S/C30H34N4O5/c1-37-28-20-24(10-13-27(28)39-22-23-8-11-25(12-9-23)30(36)38-2)21-31-32-29(35)14-15-33-16-18-34(19-17-33)26-6-4-3-5-7-26/h3-13,20-21H,14-19,22H2,1-2H3,(H,32,35). The Kier molecular flexibility index (Phi) is 9.91. The number of ether oxygens (including phenoxy) is 3. The number of benzene rings is 3. The predicted molar refractivity (Wildman–Crippen MR) is 151 cm³/mol. The Morgan fingerprint density at radius 2 is 1.67 bits per heavy atom. The van der Waals surface area contributed by atoms with Crippen LogP contribution in [0.3, 0.4) is 0 Å². The average Bonchev–Trinajstić information content (AvgIpc) is 2.99. The molecular formula is C30H34N4O5. The number of para-hydroxylation sites is 1. The minimum absolute atomic E-state index is 0.123. The van der Waals surface area contributed by atoms with E-state index in [4.69, 9.17) is 14.2 Å². The van der Waals surface area contributed by atoms with E-state index in [-0.39, 0.29) is 11.9 Å². The fraction of sp³-hybridized carbons (Fsp3) is 0.300. The van der Waals surface area contributed by atoms with Crippen LogP contribution < -0.4 is 19.8 Å². The minimum atomic E-state index is -0.379. The number of nitrogens with zero attached hydrogens (tertiary/aromatic N) is 3. The van der Waals surface area contributed by atoms with Gasteiger partial charge in [0.05, 0.1) is 26.0 Å². The Balaban J connectivity index is 1.20. The smallest absolute Gasteiger partial charge is 0.337 e. The summed E-state index contributed by atoms with van der Waals surface area (Å²) in [6.45, 7) is 4.77. The van der Waals surface area contributed by atoms with Gasteiger partial charge in [-0.1, -0.05) is 30.3 Å². The molecule has 0 spiro atoms. The average molecular weight is 531 g/mol. The Bertz CT molecular complexity index is 1260. The quantitative estimate of drug-likeness (QED) is 0.229. The molecule has 1 aliphatic heterocycles. The van der Waals surface area contributed by atoms with E-state index in [1.54, 1.807) is 37.6 Å². The summed E-state index contributed by atoms with van der Waals surface area (Å²) < 4.78 is 16.1. The first kappa shape index (κ1) is 27.7. The summed E-state index contributed by atoms with van der Waals surface area (Å²) in [5, 5.41) is 4.10. The van der Waals surface area contributed by atoms with Gasteiger partial charge in [0.15, 0.2) is 11.5 Å². The first-order valence-corrected chi connectivity index (χ1v) is 12.9. The van der Waals surface area contributed by atoms with Crippen LogP contribution >= 0.6 is 0 Å². The molecule has 0 atom stereocenters. The van der Waals surface area contributed by atoms with Crippen LogP contribution in [0.25, 0.3) is 0 Å². The number of amides is 1. The van der Waals surface area contributed by atoms with Gasteiger partial charge in [-0.2, -0.15) is 5.10 Å². The number of carbonyl (C=O) groups is 2. The second-order valence-electron chi connectivity index (χ2n) is 9.09. The van der Waals surface area contributed by atoms with Gasteiger partial charge in [-0.25, -0.2) is 10.2 Å². The van der Waals surface area contributed by atoms with Crippen molar-refractivity contribution in [1.29, 1.82) is 0 Å². The summed E-state index contributed by atoms with van der Waals surface area (Å²) >= 11 is 0. The molecule has 9 heteroatoms. The first-order chi connectivity index (χ1) is 19.1. The number of nitrogens with one attached hydrogen (secondary N) is 1. The number of hydrogen-bond acceptors (Lipinski definition) is 8. The molecule has 1 heterocycles. The SMILES string of the molecule is COC(=O)c1ccc(COc2ccc(C=NNC(=O)CCN3CCN(c4ccccc4)CC3)cc2OC)cc1. The molecule has 0 saturated carbocycles. The largest absolute Gasteiger partial charge is 0.493 e. The monoisotopic (exact) mass is 530 g/mol. The molecule has 1 N–H and O–H groups in total. The van der Waals surface area contributed by atoms with Crippen molar-refractivity contribution in [3.05, 3.63) is 89.5 Å².